The molecule has 0 spiro atoms. The minimum atomic E-state index is -0.0168. The molecule has 4 heteroatoms. The summed E-state index contributed by atoms with van der Waals surface area (Å²) in [6, 6.07) is 0. The van der Waals surface area contributed by atoms with E-state index < -0.39 is 0 Å². The third kappa shape index (κ3) is 1.76. The van der Waals surface area contributed by atoms with Gasteiger partial charge in [-0.05, 0) is 26.7 Å². The Morgan fingerprint density at radius 1 is 1.60 bits per heavy atom. The van der Waals surface area contributed by atoms with Crippen molar-refractivity contribution in [3.8, 4) is 0 Å². The summed E-state index contributed by atoms with van der Waals surface area (Å²) in [5.74, 6) is 1.63. The summed E-state index contributed by atoms with van der Waals surface area (Å²) in [6.45, 7) is 4.48. The summed E-state index contributed by atoms with van der Waals surface area (Å²) in [7, 11) is 1.93. The van der Waals surface area contributed by atoms with Gasteiger partial charge in [0.25, 0.3) is 5.91 Å². The smallest absolute Gasteiger partial charge is 0.269 e. The van der Waals surface area contributed by atoms with E-state index >= 15 is 0 Å². The van der Waals surface area contributed by atoms with Gasteiger partial charge in [0.1, 0.15) is 11.5 Å². The van der Waals surface area contributed by atoms with Crippen LogP contribution in [0.2, 0.25) is 0 Å². The molecule has 4 nitrogen and oxygen atoms in total. The number of hydrogen-bond acceptors (Lipinski definition) is 2. The lowest BCUT2D eigenvalue weighted by Crippen LogP contribution is -2.25. The lowest BCUT2D eigenvalue weighted by molar-refractivity contribution is 0.0946. The van der Waals surface area contributed by atoms with Gasteiger partial charge in [0, 0.05) is 19.5 Å². The van der Waals surface area contributed by atoms with Crippen LogP contribution in [-0.4, -0.2) is 22.0 Å². The minimum absolute atomic E-state index is 0.0168. The van der Waals surface area contributed by atoms with E-state index in [2.05, 4.69) is 10.3 Å². The lowest BCUT2D eigenvalue weighted by Gasteiger charge is -2.05. The molecule has 1 aromatic rings. The summed E-state index contributed by atoms with van der Waals surface area (Å²) in [5, 5.41) is 2.82. The van der Waals surface area contributed by atoms with Gasteiger partial charge in [0.05, 0.1) is 5.69 Å². The monoisotopic (exact) mass is 207 g/mol. The fourth-order valence-corrected chi connectivity index (χ4v) is 1.92. The van der Waals surface area contributed by atoms with E-state index in [1.807, 2.05) is 25.5 Å². The number of nitrogens with zero attached hydrogens (tertiary/aromatic N) is 2. The first-order chi connectivity index (χ1) is 7.15. The normalized spacial score (nSPS) is 15.4. The zero-order chi connectivity index (χ0) is 11.0. The van der Waals surface area contributed by atoms with Crippen molar-refractivity contribution in [1.29, 1.82) is 0 Å². The van der Waals surface area contributed by atoms with Crippen molar-refractivity contribution < 1.29 is 4.79 Å². The Labute approximate surface area is 89.7 Å². The summed E-state index contributed by atoms with van der Waals surface area (Å²) in [5.41, 5.74) is 1.55. The number of nitrogens with one attached hydrogen (secondary N) is 1. The van der Waals surface area contributed by atoms with E-state index in [0.717, 1.165) is 11.5 Å². The molecule has 1 amide bonds. The second kappa shape index (κ2) is 3.68. The number of hydrogen-bond donors (Lipinski definition) is 1. The largest absolute Gasteiger partial charge is 0.351 e. The molecule has 2 rings (SSSR count). The third-order valence-electron chi connectivity index (χ3n) is 2.80. The van der Waals surface area contributed by atoms with Gasteiger partial charge in [0.15, 0.2) is 0 Å². The number of rotatable bonds is 3. The van der Waals surface area contributed by atoms with E-state index in [1.165, 1.54) is 12.8 Å². The SMILES string of the molecule is CCNC(=O)c1c(C)nc(C2CC2)n1C. The molecule has 1 N–H and O–H groups in total. The van der Waals surface area contributed by atoms with Crippen molar-refractivity contribution in [2.75, 3.05) is 6.54 Å². The van der Waals surface area contributed by atoms with Crippen LogP contribution >= 0.6 is 0 Å². The summed E-state index contributed by atoms with van der Waals surface area (Å²) >= 11 is 0. The van der Waals surface area contributed by atoms with Crippen LogP contribution in [0, 0.1) is 6.92 Å². The van der Waals surface area contributed by atoms with Crippen LogP contribution in [0.4, 0.5) is 0 Å². The van der Waals surface area contributed by atoms with Crippen LogP contribution in [0.1, 0.15) is 47.7 Å². The zero-order valence-electron chi connectivity index (χ0n) is 9.50. The standard InChI is InChI=1S/C11H17N3O/c1-4-12-11(15)9-7(2)13-10(14(9)3)8-5-6-8/h8H,4-6H2,1-3H3,(H,12,15). The highest BCUT2D eigenvalue weighted by atomic mass is 16.1. The third-order valence-corrected chi connectivity index (χ3v) is 2.80. The van der Waals surface area contributed by atoms with E-state index in [-0.39, 0.29) is 5.91 Å². The van der Waals surface area contributed by atoms with E-state index in [9.17, 15) is 4.79 Å². The Balaban J connectivity index is 2.33. The maximum absolute atomic E-state index is 11.8. The fourth-order valence-electron chi connectivity index (χ4n) is 1.92. The Bertz CT molecular complexity index is 391. The number of aryl methyl sites for hydroxylation is 1. The van der Waals surface area contributed by atoms with Crippen molar-refractivity contribution >= 4 is 5.91 Å². The average Bonchev–Trinajstić information content (AvgIpc) is 2.94. The molecule has 0 bridgehead atoms. The zero-order valence-corrected chi connectivity index (χ0v) is 9.50. The molecule has 82 valence electrons. The van der Waals surface area contributed by atoms with Gasteiger partial charge < -0.3 is 9.88 Å². The lowest BCUT2D eigenvalue weighted by atomic mass is 10.3. The van der Waals surface area contributed by atoms with E-state index in [4.69, 9.17) is 0 Å². The topological polar surface area (TPSA) is 46.9 Å². The van der Waals surface area contributed by atoms with Crippen molar-refractivity contribution in [3.05, 3.63) is 17.2 Å². The maximum Gasteiger partial charge on any atom is 0.269 e. The Morgan fingerprint density at radius 3 is 2.80 bits per heavy atom. The molecule has 0 aromatic carbocycles. The molecule has 1 aliphatic carbocycles. The molecule has 15 heavy (non-hydrogen) atoms. The second-order valence-corrected chi connectivity index (χ2v) is 4.10. The predicted octanol–water partition coefficient (Wildman–Crippen LogP) is 1.36. The van der Waals surface area contributed by atoms with Crippen LogP contribution < -0.4 is 5.32 Å². The van der Waals surface area contributed by atoms with Gasteiger partial charge in [-0.2, -0.15) is 0 Å². The Morgan fingerprint density at radius 2 is 2.27 bits per heavy atom. The number of aromatic nitrogens is 2. The molecule has 1 fully saturated rings. The molecule has 1 aromatic heterocycles. The van der Waals surface area contributed by atoms with Gasteiger partial charge in [0.2, 0.25) is 0 Å². The van der Waals surface area contributed by atoms with Crippen molar-refractivity contribution in [3.63, 3.8) is 0 Å². The van der Waals surface area contributed by atoms with Gasteiger partial charge >= 0.3 is 0 Å². The average molecular weight is 207 g/mol. The maximum atomic E-state index is 11.8. The van der Waals surface area contributed by atoms with Crippen molar-refractivity contribution in [1.82, 2.24) is 14.9 Å². The summed E-state index contributed by atoms with van der Waals surface area (Å²) in [4.78, 5) is 16.2. The van der Waals surface area contributed by atoms with E-state index in [0.29, 0.717) is 18.2 Å². The van der Waals surface area contributed by atoms with Crippen LogP contribution in [0.5, 0.6) is 0 Å². The predicted molar refractivity (Wildman–Crippen MR) is 57.9 cm³/mol. The van der Waals surface area contributed by atoms with Crippen LogP contribution in [0.25, 0.3) is 0 Å². The quantitative estimate of drug-likeness (QED) is 0.813. The van der Waals surface area contributed by atoms with Crippen molar-refractivity contribution in [2.24, 2.45) is 7.05 Å². The van der Waals surface area contributed by atoms with Gasteiger partial charge in [-0.3, -0.25) is 4.79 Å². The van der Waals surface area contributed by atoms with Crippen LogP contribution in [-0.2, 0) is 7.05 Å². The summed E-state index contributed by atoms with van der Waals surface area (Å²) < 4.78 is 1.94. The first-order valence-corrected chi connectivity index (χ1v) is 5.46. The molecular formula is C11H17N3O. The molecule has 1 heterocycles. The van der Waals surface area contributed by atoms with Crippen LogP contribution in [0.3, 0.4) is 0 Å². The molecular weight excluding hydrogens is 190 g/mol. The van der Waals surface area contributed by atoms with Gasteiger partial charge in [-0.1, -0.05) is 0 Å². The molecule has 1 aliphatic rings. The van der Waals surface area contributed by atoms with Gasteiger partial charge in [-0.25, -0.2) is 4.98 Å². The molecule has 0 atom stereocenters. The number of carbonyl (C=O) groups is 1. The number of imidazole rings is 1. The summed E-state index contributed by atoms with van der Waals surface area (Å²) in [6.07, 6.45) is 2.41. The highest BCUT2D eigenvalue weighted by Crippen LogP contribution is 2.39. The number of amides is 1. The molecule has 0 saturated heterocycles. The molecule has 1 saturated carbocycles. The molecule has 0 aliphatic heterocycles. The van der Waals surface area contributed by atoms with Gasteiger partial charge in [-0.15, -0.1) is 0 Å². The minimum Gasteiger partial charge on any atom is -0.351 e. The Hall–Kier alpha value is -1.32. The highest BCUT2D eigenvalue weighted by molar-refractivity contribution is 5.93. The van der Waals surface area contributed by atoms with Crippen molar-refractivity contribution in [2.45, 2.75) is 32.6 Å². The fraction of sp³-hybridized carbons (Fsp3) is 0.636. The molecule has 0 radical (unpaired) electrons. The highest BCUT2D eigenvalue weighted by Gasteiger charge is 2.30. The Kier molecular flexibility index (Phi) is 2.50. The first-order valence-electron chi connectivity index (χ1n) is 5.46. The molecule has 0 unspecified atom stereocenters. The van der Waals surface area contributed by atoms with E-state index in [1.54, 1.807) is 0 Å². The van der Waals surface area contributed by atoms with Crippen LogP contribution in [0.15, 0.2) is 0 Å². The second-order valence-electron chi connectivity index (χ2n) is 4.10. The number of carbonyl (C=O) groups excluding carboxylic acids is 1. The first kappa shape index (κ1) is 10.2.